The fourth-order valence-corrected chi connectivity index (χ4v) is 2.44. The van der Waals surface area contributed by atoms with Gasteiger partial charge in [0.15, 0.2) is 0 Å². The Morgan fingerprint density at radius 2 is 1.86 bits per heavy atom. The number of urea groups is 1. The molecule has 0 bridgehead atoms. The predicted octanol–water partition coefficient (Wildman–Crippen LogP) is 4.27. The molecule has 0 saturated heterocycles. The second kappa shape index (κ2) is 8.39. The molecule has 0 radical (unpaired) electrons. The van der Waals surface area contributed by atoms with Crippen molar-refractivity contribution in [3.8, 4) is 0 Å². The molecule has 0 unspecified atom stereocenters. The van der Waals surface area contributed by atoms with Crippen molar-refractivity contribution in [1.82, 2.24) is 10.6 Å². The van der Waals surface area contributed by atoms with Gasteiger partial charge < -0.3 is 10.6 Å². The van der Waals surface area contributed by atoms with E-state index in [2.05, 4.69) is 26.6 Å². The van der Waals surface area contributed by atoms with E-state index in [4.69, 9.17) is 0 Å². The number of carbonyl (C=O) groups is 1. The average molecular weight is 359 g/mol. The Balaban J connectivity index is 1.72. The van der Waals surface area contributed by atoms with Crippen LogP contribution in [0, 0.1) is 6.92 Å². The molecule has 2 rings (SSSR count). The van der Waals surface area contributed by atoms with Crippen molar-refractivity contribution in [3.63, 3.8) is 0 Å². The second-order valence-electron chi connectivity index (χ2n) is 4.99. The minimum Gasteiger partial charge on any atom is -0.338 e. The lowest BCUT2D eigenvalue weighted by Crippen LogP contribution is -2.33. The third kappa shape index (κ3) is 5.37. The summed E-state index contributed by atoms with van der Waals surface area (Å²) in [6.45, 7) is 2.64. The summed E-state index contributed by atoms with van der Waals surface area (Å²) in [7, 11) is 0. The number of rotatable bonds is 5. The van der Waals surface area contributed by atoms with Crippen molar-refractivity contribution in [2.24, 2.45) is 0 Å². The van der Waals surface area contributed by atoms with Gasteiger partial charge in [-0.25, -0.2) is 4.79 Å². The van der Waals surface area contributed by atoms with Crippen molar-refractivity contribution in [2.45, 2.75) is 13.3 Å². The highest BCUT2D eigenvalue weighted by Crippen LogP contribution is 2.15. The predicted molar refractivity (Wildman–Crippen MR) is 94.6 cm³/mol. The highest BCUT2D eigenvalue weighted by molar-refractivity contribution is 9.10. The zero-order valence-corrected chi connectivity index (χ0v) is 14.1. The Morgan fingerprint density at radius 3 is 2.59 bits per heavy atom. The van der Waals surface area contributed by atoms with Crippen LogP contribution in [0.2, 0.25) is 0 Å². The first-order valence-corrected chi connectivity index (χ1v) is 7.95. The number of halogens is 1. The molecule has 0 saturated carbocycles. The summed E-state index contributed by atoms with van der Waals surface area (Å²) in [5.74, 6) is 0. The number of amides is 2. The normalized spacial score (nSPS) is 10.6. The van der Waals surface area contributed by atoms with Crippen molar-refractivity contribution in [1.29, 1.82) is 0 Å². The van der Waals surface area contributed by atoms with Gasteiger partial charge in [0.2, 0.25) is 0 Å². The first-order valence-electron chi connectivity index (χ1n) is 7.16. The lowest BCUT2D eigenvalue weighted by atomic mass is 10.1. The van der Waals surface area contributed by atoms with Gasteiger partial charge in [-0.3, -0.25) is 0 Å². The molecule has 0 heterocycles. The van der Waals surface area contributed by atoms with Crippen molar-refractivity contribution in [3.05, 3.63) is 75.9 Å². The van der Waals surface area contributed by atoms with Crippen LogP contribution in [-0.4, -0.2) is 12.6 Å². The monoisotopic (exact) mass is 358 g/mol. The number of hydrogen-bond donors (Lipinski definition) is 2. The van der Waals surface area contributed by atoms with Crippen LogP contribution in [0.1, 0.15) is 16.7 Å². The molecule has 4 heteroatoms. The number of nitrogens with one attached hydrogen (secondary N) is 2. The summed E-state index contributed by atoms with van der Waals surface area (Å²) in [6.07, 6.45) is 4.31. The maximum atomic E-state index is 11.7. The molecule has 2 aromatic carbocycles. The Morgan fingerprint density at radius 1 is 1.14 bits per heavy atom. The van der Waals surface area contributed by atoms with E-state index in [1.165, 1.54) is 11.1 Å². The van der Waals surface area contributed by atoms with Crippen LogP contribution in [-0.2, 0) is 6.42 Å². The molecule has 0 aliphatic rings. The Kier molecular flexibility index (Phi) is 6.22. The van der Waals surface area contributed by atoms with Crippen LogP contribution >= 0.6 is 15.9 Å². The van der Waals surface area contributed by atoms with E-state index >= 15 is 0 Å². The van der Waals surface area contributed by atoms with Crippen molar-refractivity contribution >= 4 is 28.0 Å². The van der Waals surface area contributed by atoms with E-state index in [-0.39, 0.29) is 6.03 Å². The Labute approximate surface area is 139 Å². The first-order chi connectivity index (χ1) is 10.6. The van der Waals surface area contributed by atoms with E-state index in [0.29, 0.717) is 6.54 Å². The molecule has 3 nitrogen and oxygen atoms in total. The summed E-state index contributed by atoms with van der Waals surface area (Å²) in [5, 5.41) is 5.54. The molecule has 2 amide bonds. The fraction of sp³-hybridized carbons (Fsp3) is 0.167. The maximum absolute atomic E-state index is 11.7. The summed E-state index contributed by atoms with van der Waals surface area (Å²) in [6, 6.07) is 15.9. The quantitative estimate of drug-likeness (QED) is 0.823. The SMILES string of the molecule is Cc1ccc(/C=C/NC(=O)NCCc2ccccc2Br)cc1. The zero-order chi connectivity index (χ0) is 15.8. The summed E-state index contributed by atoms with van der Waals surface area (Å²) >= 11 is 3.50. The molecule has 0 atom stereocenters. The van der Waals surface area contributed by atoms with E-state index < -0.39 is 0 Å². The number of benzene rings is 2. The van der Waals surface area contributed by atoms with Gasteiger partial charge in [-0.2, -0.15) is 0 Å². The molecule has 0 aromatic heterocycles. The van der Waals surface area contributed by atoms with Crippen molar-refractivity contribution in [2.75, 3.05) is 6.54 Å². The minimum absolute atomic E-state index is 0.199. The molecule has 114 valence electrons. The van der Waals surface area contributed by atoms with Gasteiger partial charge in [-0.05, 0) is 36.6 Å². The zero-order valence-electron chi connectivity index (χ0n) is 12.5. The van der Waals surface area contributed by atoms with Gasteiger partial charge in [-0.15, -0.1) is 0 Å². The van der Waals surface area contributed by atoms with Crippen LogP contribution in [0.4, 0.5) is 4.79 Å². The maximum Gasteiger partial charge on any atom is 0.318 e. The Hall–Kier alpha value is -2.07. The average Bonchev–Trinajstić information content (AvgIpc) is 2.51. The van der Waals surface area contributed by atoms with Crippen LogP contribution in [0.15, 0.2) is 59.2 Å². The molecule has 0 aliphatic carbocycles. The highest BCUT2D eigenvalue weighted by Gasteiger charge is 2.00. The Bertz CT molecular complexity index is 650. The standard InChI is InChI=1S/C18H19BrN2O/c1-14-6-8-15(9-7-14)10-12-20-18(22)21-13-11-16-4-2-3-5-17(16)19/h2-10,12H,11,13H2,1H3,(H2,20,21,22)/b12-10+. The van der Waals surface area contributed by atoms with Gasteiger partial charge in [0.05, 0.1) is 0 Å². The molecule has 2 aromatic rings. The molecule has 0 spiro atoms. The van der Waals surface area contributed by atoms with Gasteiger partial charge in [0, 0.05) is 17.2 Å². The molecular formula is C18H19BrN2O. The number of hydrogen-bond acceptors (Lipinski definition) is 1. The van der Waals surface area contributed by atoms with Crippen LogP contribution in [0.5, 0.6) is 0 Å². The molecular weight excluding hydrogens is 340 g/mol. The van der Waals surface area contributed by atoms with Gasteiger partial charge >= 0.3 is 6.03 Å². The molecule has 2 N–H and O–H groups in total. The number of carbonyl (C=O) groups excluding carboxylic acids is 1. The second-order valence-corrected chi connectivity index (χ2v) is 5.84. The summed E-state index contributed by atoms with van der Waals surface area (Å²) < 4.78 is 1.07. The van der Waals surface area contributed by atoms with E-state index in [1.54, 1.807) is 6.20 Å². The molecule has 0 fully saturated rings. The third-order valence-corrected chi connectivity index (χ3v) is 3.98. The van der Waals surface area contributed by atoms with E-state index in [1.807, 2.05) is 61.5 Å². The molecule has 0 aliphatic heterocycles. The smallest absolute Gasteiger partial charge is 0.318 e. The van der Waals surface area contributed by atoms with Gasteiger partial charge in [0.25, 0.3) is 0 Å². The van der Waals surface area contributed by atoms with Crippen LogP contribution < -0.4 is 10.6 Å². The lowest BCUT2D eigenvalue weighted by molar-refractivity contribution is 0.244. The van der Waals surface area contributed by atoms with E-state index in [9.17, 15) is 4.79 Å². The molecule has 22 heavy (non-hydrogen) atoms. The van der Waals surface area contributed by atoms with Gasteiger partial charge in [-0.1, -0.05) is 64.0 Å². The lowest BCUT2D eigenvalue weighted by Gasteiger charge is -2.06. The number of aryl methyl sites for hydroxylation is 1. The highest BCUT2D eigenvalue weighted by atomic mass is 79.9. The fourth-order valence-electron chi connectivity index (χ4n) is 1.95. The van der Waals surface area contributed by atoms with Crippen molar-refractivity contribution < 1.29 is 4.79 Å². The summed E-state index contributed by atoms with van der Waals surface area (Å²) in [4.78, 5) is 11.7. The first kappa shape index (κ1) is 16.3. The third-order valence-electron chi connectivity index (χ3n) is 3.21. The van der Waals surface area contributed by atoms with Gasteiger partial charge in [0.1, 0.15) is 0 Å². The topological polar surface area (TPSA) is 41.1 Å². The van der Waals surface area contributed by atoms with E-state index in [0.717, 1.165) is 16.5 Å². The van der Waals surface area contributed by atoms with Crippen LogP contribution in [0.3, 0.4) is 0 Å². The summed E-state index contributed by atoms with van der Waals surface area (Å²) in [5.41, 5.74) is 3.45. The largest absolute Gasteiger partial charge is 0.338 e. The minimum atomic E-state index is -0.199. The van der Waals surface area contributed by atoms with Crippen LogP contribution in [0.25, 0.3) is 6.08 Å².